The average Bonchev–Trinajstić information content (AvgIpc) is 2.71. The molecule has 37 heavy (non-hydrogen) atoms. The molecule has 0 aliphatic rings. The number of hydrogen-bond donors (Lipinski definition) is 0. The van der Waals surface area contributed by atoms with Gasteiger partial charge in [0.25, 0.3) is 0 Å². The summed E-state index contributed by atoms with van der Waals surface area (Å²) in [6.45, 7) is 5.69. The van der Waals surface area contributed by atoms with Gasteiger partial charge in [0.2, 0.25) is 0 Å². The van der Waals surface area contributed by atoms with Crippen molar-refractivity contribution >= 4 is 47.7 Å². The van der Waals surface area contributed by atoms with Gasteiger partial charge >= 0.3 is 17.4 Å². The summed E-state index contributed by atoms with van der Waals surface area (Å²) in [5.41, 5.74) is 4.74. The van der Waals surface area contributed by atoms with Crippen LogP contribution in [0.5, 0.6) is 0 Å². The van der Waals surface area contributed by atoms with Crippen molar-refractivity contribution in [2.24, 2.45) is 0 Å². The Morgan fingerprint density at radius 1 is 0.432 bits per heavy atom. The predicted molar refractivity (Wildman–Crippen MR) is 139 cm³/mol. The first-order chi connectivity index (χ1) is 16.4. The van der Waals surface area contributed by atoms with Crippen LogP contribution in [-0.4, -0.2) is 56.3 Å². The first kappa shape index (κ1) is 34.9. The van der Waals surface area contributed by atoms with Crippen LogP contribution in [0.4, 0.5) is 0 Å². The fourth-order valence-electron chi connectivity index (χ4n) is 2.67. The van der Waals surface area contributed by atoms with Crippen LogP contribution in [-0.2, 0) is 47.6 Å². The molecular formula is C24H27AlO9S3. The molecule has 0 bridgehead atoms. The molecule has 0 fully saturated rings. The van der Waals surface area contributed by atoms with Gasteiger partial charge in [-0.15, -0.1) is 0 Å². The minimum absolute atomic E-state index is 0. The van der Waals surface area contributed by atoms with Crippen LogP contribution in [0.2, 0.25) is 0 Å². The van der Waals surface area contributed by atoms with E-state index in [4.69, 9.17) is 0 Å². The summed E-state index contributed by atoms with van der Waals surface area (Å²) in [5, 5.41) is 0. The fraction of sp³-hybridized carbons (Fsp3) is 0.250. The van der Waals surface area contributed by atoms with E-state index in [0.29, 0.717) is 16.7 Å². The molecule has 0 spiro atoms. The van der Waals surface area contributed by atoms with E-state index in [1.165, 1.54) is 0 Å². The molecule has 0 N–H and O–H groups in total. The zero-order valence-corrected chi connectivity index (χ0v) is 24.1. The molecule has 0 aliphatic heterocycles. The third-order valence-corrected chi connectivity index (χ3v) is 6.45. The molecule has 9 nitrogen and oxygen atoms in total. The van der Waals surface area contributed by atoms with E-state index in [0.717, 1.165) is 16.7 Å². The van der Waals surface area contributed by atoms with E-state index in [1.807, 2.05) is 20.8 Å². The second kappa shape index (κ2) is 15.4. The van der Waals surface area contributed by atoms with Crippen LogP contribution < -0.4 is 0 Å². The quantitative estimate of drug-likeness (QED) is 0.313. The van der Waals surface area contributed by atoms with Gasteiger partial charge in [0.05, 0.1) is 47.6 Å². The fourth-order valence-corrected chi connectivity index (χ4v) is 4.47. The predicted octanol–water partition coefficient (Wildman–Crippen LogP) is 2.74. The van der Waals surface area contributed by atoms with Crippen LogP contribution in [0.1, 0.15) is 33.4 Å². The summed E-state index contributed by atoms with van der Waals surface area (Å²) in [4.78, 5) is 0. The molecule has 0 saturated heterocycles. The third-order valence-electron chi connectivity index (χ3n) is 4.39. The van der Waals surface area contributed by atoms with E-state index >= 15 is 0 Å². The normalized spacial score (nSPS) is 11.2. The van der Waals surface area contributed by atoms with E-state index < -0.39 is 47.6 Å². The standard InChI is InChI=1S/3C8H10O3S.Al/c3*1-7-2-4-8(5-3-7)6-12(9,10)11;/h3*2-5H,6H2,1H3,(H,9,10,11);/q;;;+3/p-3. The van der Waals surface area contributed by atoms with E-state index in [2.05, 4.69) is 0 Å². The van der Waals surface area contributed by atoms with Gasteiger partial charge in [0.1, 0.15) is 0 Å². The largest absolute Gasteiger partial charge is 3.00 e. The average molecular weight is 583 g/mol. The van der Waals surface area contributed by atoms with Gasteiger partial charge in [0.15, 0.2) is 0 Å². The van der Waals surface area contributed by atoms with Gasteiger partial charge in [0, 0.05) is 0 Å². The van der Waals surface area contributed by atoms with Crippen molar-refractivity contribution in [2.45, 2.75) is 38.0 Å². The summed E-state index contributed by atoms with van der Waals surface area (Å²) in [6, 6.07) is 20.5. The number of benzene rings is 3. The zero-order valence-electron chi connectivity index (χ0n) is 20.5. The molecule has 3 rings (SSSR count). The Morgan fingerprint density at radius 2 is 0.595 bits per heavy atom. The number of rotatable bonds is 6. The van der Waals surface area contributed by atoms with Crippen molar-refractivity contribution in [3.05, 3.63) is 106 Å². The molecule has 3 aromatic carbocycles. The molecule has 0 amide bonds. The molecule has 0 unspecified atom stereocenters. The van der Waals surface area contributed by atoms with Crippen molar-refractivity contribution < 1.29 is 38.9 Å². The molecule has 0 saturated carbocycles. The summed E-state index contributed by atoms with van der Waals surface area (Å²) >= 11 is 0. The zero-order chi connectivity index (χ0) is 27.6. The summed E-state index contributed by atoms with van der Waals surface area (Å²) in [6.07, 6.45) is 0. The Kier molecular flexibility index (Phi) is 14.5. The Bertz CT molecular complexity index is 1240. The Morgan fingerprint density at radius 3 is 0.730 bits per heavy atom. The molecule has 0 heterocycles. The van der Waals surface area contributed by atoms with Crippen LogP contribution in [0, 0.1) is 20.8 Å². The van der Waals surface area contributed by atoms with Gasteiger partial charge in [-0.25, -0.2) is 25.3 Å². The van der Waals surface area contributed by atoms with Crippen molar-refractivity contribution in [3.8, 4) is 0 Å². The molecule has 0 atom stereocenters. The molecule has 0 aliphatic carbocycles. The van der Waals surface area contributed by atoms with Crippen molar-refractivity contribution in [3.63, 3.8) is 0 Å². The van der Waals surface area contributed by atoms with Crippen LogP contribution in [0.25, 0.3) is 0 Å². The molecule has 198 valence electrons. The Balaban J connectivity index is 0.000000518. The Labute approximate surface area is 230 Å². The number of aryl methyl sites for hydroxylation is 3. The second-order valence-electron chi connectivity index (χ2n) is 8.06. The molecule has 0 aromatic heterocycles. The van der Waals surface area contributed by atoms with Gasteiger partial charge in [-0.2, -0.15) is 0 Å². The van der Waals surface area contributed by atoms with Crippen molar-refractivity contribution in [1.82, 2.24) is 0 Å². The maximum atomic E-state index is 10.3. The van der Waals surface area contributed by atoms with E-state index in [-0.39, 0.29) is 17.4 Å². The van der Waals surface area contributed by atoms with Gasteiger partial charge in [-0.1, -0.05) is 89.5 Å². The van der Waals surface area contributed by atoms with Crippen LogP contribution in [0.15, 0.2) is 72.8 Å². The number of hydrogen-bond acceptors (Lipinski definition) is 9. The maximum absolute atomic E-state index is 10.3. The summed E-state index contributed by atoms with van der Waals surface area (Å²) in [7, 11) is -12.4. The maximum Gasteiger partial charge on any atom is 3.00 e. The SMILES string of the molecule is Cc1ccc(CS(=O)(=O)[O-])cc1.Cc1ccc(CS(=O)(=O)[O-])cc1.Cc1ccc(CS(=O)(=O)[O-])cc1.[Al+3]. The van der Waals surface area contributed by atoms with Crippen molar-refractivity contribution in [2.75, 3.05) is 0 Å². The molecular weight excluding hydrogens is 555 g/mol. The van der Waals surface area contributed by atoms with E-state index in [1.54, 1.807) is 72.8 Å². The van der Waals surface area contributed by atoms with Gasteiger partial charge in [-0.3, -0.25) is 0 Å². The Hall–Kier alpha value is -2.08. The third kappa shape index (κ3) is 18.8. The van der Waals surface area contributed by atoms with Crippen molar-refractivity contribution in [1.29, 1.82) is 0 Å². The van der Waals surface area contributed by atoms with E-state index in [9.17, 15) is 38.9 Å². The monoisotopic (exact) mass is 582 g/mol. The minimum Gasteiger partial charge on any atom is -0.748 e. The van der Waals surface area contributed by atoms with Crippen LogP contribution in [0.3, 0.4) is 0 Å². The molecule has 0 radical (unpaired) electrons. The summed E-state index contributed by atoms with van der Waals surface area (Å²) < 4.78 is 93.0. The minimum atomic E-state index is -4.14. The summed E-state index contributed by atoms with van der Waals surface area (Å²) in [5.74, 6) is -1.27. The first-order valence-corrected chi connectivity index (χ1v) is 15.1. The van der Waals surface area contributed by atoms with Gasteiger partial charge in [-0.05, 0) is 37.5 Å². The molecule has 13 heteroatoms. The molecule has 3 aromatic rings. The smallest absolute Gasteiger partial charge is 0.748 e. The first-order valence-electron chi connectivity index (χ1n) is 10.4. The van der Waals surface area contributed by atoms with Crippen LogP contribution >= 0.6 is 0 Å². The topological polar surface area (TPSA) is 172 Å². The second-order valence-corrected chi connectivity index (χ2v) is 12.3. The van der Waals surface area contributed by atoms with Gasteiger partial charge < -0.3 is 13.7 Å².